The van der Waals surface area contributed by atoms with Crippen LogP contribution in [0.3, 0.4) is 0 Å². The molecule has 0 aliphatic heterocycles. The summed E-state index contributed by atoms with van der Waals surface area (Å²) in [6.07, 6.45) is 4.87. The minimum atomic E-state index is 0.583. The average Bonchev–Trinajstić information content (AvgIpc) is 2.33. The Morgan fingerprint density at radius 2 is 2.12 bits per heavy atom. The SMILES string of the molecule is CCCCC(CC)COc1nc(C)ccc1N. The molecule has 3 nitrogen and oxygen atoms in total. The van der Waals surface area contributed by atoms with Crippen LogP contribution in [0, 0.1) is 12.8 Å². The fraction of sp³-hybridized carbons (Fsp3) is 0.643. The maximum Gasteiger partial charge on any atom is 0.237 e. The zero-order valence-electron chi connectivity index (χ0n) is 11.2. The molecule has 2 N–H and O–H groups in total. The molecule has 1 aromatic rings. The molecule has 1 unspecified atom stereocenters. The van der Waals surface area contributed by atoms with Gasteiger partial charge in [-0.2, -0.15) is 0 Å². The summed E-state index contributed by atoms with van der Waals surface area (Å²) in [6, 6.07) is 3.75. The van der Waals surface area contributed by atoms with Crippen LogP contribution in [0.5, 0.6) is 5.88 Å². The Bertz CT molecular complexity index is 339. The molecule has 1 heterocycles. The molecule has 0 spiro atoms. The smallest absolute Gasteiger partial charge is 0.237 e. The number of rotatable bonds is 7. The quantitative estimate of drug-likeness (QED) is 0.787. The number of aromatic nitrogens is 1. The Morgan fingerprint density at radius 1 is 1.35 bits per heavy atom. The normalized spacial score (nSPS) is 12.4. The van der Waals surface area contributed by atoms with E-state index in [-0.39, 0.29) is 0 Å². The van der Waals surface area contributed by atoms with Gasteiger partial charge < -0.3 is 10.5 Å². The highest BCUT2D eigenvalue weighted by Gasteiger charge is 2.09. The van der Waals surface area contributed by atoms with Crippen LogP contribution in [0.2, 0.25) is 0 Å². The van der Waals surface area contributed by atoms with Crippen LogP contribution in [0.15, 0.2) is 12.1 Å². The lowest BCUT2D eigenvalue weighted by atomic mass is 10.0. The number of hydrogen-bond acceptors (Lipinski definition) is 3. The molecule has 0 saturated carbocycles. The molecular weight excluding hydrogens is 212 g/mol. The van der Waals surface area contributed by atoms with E-state index in [1.165, 1.54) is 19.3 Å². The van der Waals surface area contributed by atoms with Gasteiger partial charge in [-0.25, -0.2) is 4.98 Å². The number of nitrogens with zero attached hydrogens (tertiary/aromatic N) is 1. The van der Waals surface area contributed by atoms with Crippen LogP contribution in [0.4, 0.5) is 5.69 Å². The number of nitrogen functional groups attached to an aromatic ring is 1. The van der Waals surface area contributed by atoms with Crippen molar-refractivity contribution >= 4 is 5.69 Å². The zero-order valence-corrected chi connectivity index (χ0v) is 11.2. The minimum Gasteiger partial charge on any atom is -0.476 e. The van der Waals surface area contributed by atoms with E-state index in [0.29, 0.717) is 17.5 Å². The van der Waals surface area contributed by atoms with Gasteiger partial charge in [-0.1, -0.05) is 33.1 Å². The van der Waals surface area contributed by atoms with Crippen molar-refractivity contribution in [1.29, 1.82) is 0 Å². The molecule has 0 radical (unpaired) electrons. The third-order valence-corrected chi connectivity index (χ3v) is 3.03. The summed E-state index contributed by atoms with van der Waals surface area (Å²) < 4.78 is 5.73. The van der Waals surface area contributed by atoms with E-state index in [9.17, 15) is 0 Å². The van der Waals surface area contributed by atoms with E-state index in [0.717, 1.165) is 18.7 Å². The largest absolute Gasteiger partial charge is 0.476 e. The first-order valence-electron chi connectivity index (χ1n) is 6.53. The lowest BCUT2D eigenvalue weighted by Crippen LogP contribution is -2.13. The lowest BCUT2D eigenvalue weighted by Gasteiger charge is -2.16. The van der Waals surface area contributed by atoms with Crippen LogP contribution in [0.1, 0.15) is 45.2 Å². The van der Waals surface area contributed by atoms with Crippen LogP contribution in [0.25, 0.3) is 0 Å². The van der Waals surface area contributed by atoms with Crippen molar-refractivity contribution in [3.8, 4) is 5.88 Å². The van der Waals surface area contributed by atoms with Crippen molar-refractivity contribution in [2.24, 2.45) is 5.92 Å². The Labute approximate surface area is 104 Å². The van der Waals surface area contributed by atoms with Gasteiger partial charge in [-0.05, 0) is 31.4 Å². The first-order valence-corrected chi connectivity index (χ1v) is 6.53. The molecule has 0 aliphatic rings. The van der Waals surface area contributed by atoms with E-state index in [1.807, 2.05) is 19.1 Å². The van der Waals surface area contributed by atoms with Crippen LogP contribution in [-0.2, 0) is 0 Å². The van der Waals surface area contributed by atoms with Crippen molar-refractivity contribution in [3.05, 3.63) is 17.8 Å². The number of unbranched alkanes of at least 4 members (excludes halogenated alkanes) is 1. The summed E-state index contributed by atoms with van der Waals surface area (Å²) in [4.78, 5) is 4.31. The second-order valence-electron chi connectivity index (χ2n) is 4.57. The van der Waals surface area contributed by atoms with Crippen LogP contribution in [-0.4, -0.2) is 11.6 Å². The predicted molar refractivity (Wildman–Crippen MR) is 72.2 cm³/mol. The van der Waals surface area contributed by atoms with Crippen LogP contribution >= 0.6 is 0 Å². The van der Waals surface area contributed by atoms with Gasteiger partial charge in [0, 0.05) is 5.69 Å². The fourth-order valence-electron chi connectivity index (χ4n) is 1.75. The second-order valence-corrected chi connectivity index (χ2v) is 4.57. The molecule has 0 aromatic carbocycles. The molecule has 1 rings (SSSR count). The molecule has 0 saturated heterocycles. The fourth-order valence-corrected chi connectivity index (χ4v) is 1.75. The summed E-state index contributed by atoms with van der Waals surface area (Å²) in [6.45, 7) is 7.09. The van der Waals surface area contributed by atoms with Crippen molar-refractivity contribution < 1.29 is 4.74 Å². The maximum atomic E-state index is 5.83. The molecule has 96 valence electrons. The highest BCUT2D eigenvalue weighted by molar-refractivity contribution is 5.48. The van der Waals surface area contributed by atoms with Gasteiger partial charge in [0.15, 0.2) is 0 Å². The molecular formula is C14H24N2O. The number of aryl methyl sites for hydroxylation is 1. The van der Waals surface area contributed by atoms with Gasteiger partial charge in [0.1, 0.15) is 0 Å². The van der Waals surface area contributed by atoms with E-state index < -0.39 is 0 Å². The molecule has 0 fully saturated rings. The number of nitrogens with two attached hydrogens (primary N) is 1. The Morgan fingerprint density at radius 3 is 2.76 bits per heavy atom. The first kappa shape index (κ1) is 13.8. The average molecular weight is 236 g/mol. The Kier molecular flexibility index (Phi) is 5.81. The second kappa shape index (κ2) is 7.15. The molecule has 1 atom stereocenters. The highest BCUT2D eigenvalue weighted by atomic mass is 16.5. The van der Waals surface area contributed by atoms with E-state index in [4.69, 9.17) is 10.5 Å². The van der Waals surface area contributed by atoms with E-state index >= 15 is 0 Å². The minimum absolute atomic E-state index is 0.583. The summed E-state index contributed by atoms with van der Waals surface area (Å²) in [7, 11) is 0. The van der Waals surface area contributed by atoms with Crippen LogP contribution < -0.4 is 10.5 Å². The molecule has 0 amide bonds. The molecule has 0 bridgehead atoms. The number of ether oxygens (including phenoxy) is 1. The predicted octanol–water partition coefficient (Wildman–Crippen LogP) is 3.57. The zero-order chi connectivity index (χ0) is 12.7. The summed E-state index contributed by atoms with van der Waals surface area (Å²) in [5.74, 6) is 1.19. The van der Waals surface area contributed by atoms with Gasteiger partial charge in [0.2, 0.25) is 5.88 Å². The van der Waals surface area contributed by atoms with Gasteiger partial charge >= 0.3 is 0 Å². The number of pyridine rings is 1. The molecule has 17 heavy (non-hydrogen) atoms. The van der Waals surface area contributed by atoms with E-state index in [1.54, 1.807) is 0 Å². The topological polar surface area (TPSA) is 48.1 Å². The summed E-state index contributed by atoms with van der Waals surface area (Å²) in [5, 5.41) is 0. The van der Waals surface area contributed by atoms with Gasteiger partial charge in [-0.3, -0.25) is 0 Å². The first-order chi connectivity index (χ1) is 8.17. The van der Waals surface area contributed by atoms with Gasteiger partial charge in [0.25, 0.3) is 0 Å². The highest BCUT2D eigenvalue weighted by Crippen LogP contribution is 2.20. The van der Waals surface area contributed by atoms with Crippen molar-refractivity contribution in [1.82, 2.24) is 4.98 Å². The number of hydrogen-bond donors (Lipinski definition) is 1. The van der Waals surface area contributed by atoms with Gasteiger partial charge in [0.05, 0.1) is 12.3 Å². The molecule has 0 aliphatic carbocycles. The maximum absolute atomic E-state index is 5.83. The lowest BCUT2D eigenvalue weighted by molar-refractivity contribution is 0.227. The summed E-state index contributed by atoms with van der Waals surface area (Å²) >= 11 is 0. The molecule has 1 aromatic heterocycles. The third kappa shape index (κ3) is 4.63. The Hall–Kier alpha value is -1.25. The summed E-state index contributed by atoms with van der Waals surface area (Å²) in [5.41, 5.74) is 7.40. The molecule has 3 heteroatoms. The monoisotopic (exact) mass is 236 g/mol. The number of anilines is 1. The Balaban J connectivity index is 2.50. The van der Waals surface area contributed by atoms with Gasteiger partial charge in [-0.15, -0.1) is 0 Å². The standard InChI is InChI=1S/C14H24N2O/c1-4-6-7-12(5-2)10-17-14-13(15)9-8-11(3)16-14/h8-9,12H,4-7,10,15H2,1-3H3. The van der Waals surface area contributed by atoms with E-state index in [2.05, 4.69) is 18.8 Å². The van der Waals surface area contributed by atoms with Crippen molar-refractivity contribution in [2.75, 3.05) is 12.3 Å². The van der Waals surface area contributed by atoms with Crippen molar-refractivity contribution in [3.63, 3.8) is 0 Å². The van der Waals surface area contributed by atoms with Crippen molar-refractivity contribution in [2.45, 2.75) is 46.5 Å². The third-order valence-electron chi connectivity index (χ3n) is 3.03.